The average Bonchev–Trinajstić information content (AvgIpc) is 2.56. The van der Waals surface area contributed by atoms with Crippen molar-refractivity contribution in [2.24, 2.45) is 10.7 Å². The van der Waals surface area contributed by atoms with E-state index in [4.69, 9.17) is 10.5 Å². The number of piperidine rings is 1. The van der Waals surface area contributed by atoms with Crippen LogP contribution in [0.2, 0.25) is 0 Å². The number of nitrogens with two attached hydrogens (primary N) is 1. The number of nitrogens with one attached hydrogen (secondary N) is 1. The number of anilines is 1. The highest BCUT2D eigenvalue weighted by atomic mass is 127. The van der Waals surface area contributed by atoms with Crippen LogP contribution in [0, 0.1) is 0 Å². The summed E-state index contributed by atoms with van der Waals surface area (Å²) in [6.45, 7) is 5.54. The monoisotopic (exact) mass is 446 g/mol. The van der Waals surface area contributed by atoms with Crippen molar-refractivity contribution in [3.05, 3.63) is 24.3 Å². The molecule has 0 aromatic heterocycles. The van der Waals surface area contributed by atoms with Crippen LogP contribution in [0.15, 0.2) is 29.3 Å². The maximum absolute atomic E-state index is 5.93. The zero-order valence-electron chi connectivity index (χ0n) is 14.8. The van der Waals surface area contributed by atoms with Crippen LogP contribution in [0.5, 0.6) is 5.75 Å². The van der Waals surface area contributed by atoms with Crippen molar-refractivity contribution in [3.63, 3.8) is 0 Å². The Bertz CT molecular complexity index is 510. The number of likely N-dealkylation sites (tertiary alicyclic amines) is 1. The standard InChI is InChI=1S/C18H30N4O.HI/c1-15-8-3-5-12-22(15)13-6-4-11-20-18(19)21-16-9-7-10-17(14-16)23-2;/h7,9-10,14-15H,3-6,8,11-13H2,1-2H3,(H3,19,20,21);1H. The number of hydrogen-bond donors (Lipinski definition) is 2. The Balaban J connectivity index is 0.00000288. The number of benzene rings is 1. The Kier molecular flexibility index (Phi) is 10.1. The minimum Gasteiger partial charge on any atom is -0.497 e. The normalized spacial score (nSPS) is 18.8. The Morgan fingerprint density at radius 3 is 2.96 bits per heavy atom. The lowest BCUT2D eigenvalue weighted by Gasteiger charge is -2.33. The van der Waals surface area contributed by atoms with Gasteiger partial charge in [-0.15, -0.1) is 24.0 Å². The molecule has 6 heteroatoms. The van der Waals surface area contributed by atoms with Gasteiger partial charge in [0.25, 0.3) is 0 Å². The van der Waals surface area contributed by atoms with Gasteiger partial charge in [-0.3, -0.25) is 4.99 Å². The molecule has 1 aromatic rings. The van der Waals surface area contributed by atoms with Gasteiger partial charge in [-0.05, 0) is 57.8 Å². The van der Waals surface area contributed by atoms with Crippen molar-refractivity contribution >= 4 is 35.6 Å². The van der Waals surface area contributed by atoms with Crippen molar-refractivity contribution in [2.45, 2.75) is 45.1 Å². The van der Waals surface area contributed by atoms with Gasteiger partial charge in [0.1, 0.15) is 5.75 Å². The number of rotatable bonds is 7. The maximum Gasteiger partial charge on any atom is 0.193 e. The first kappa shape index (κ1) is 21.0. The SMILES string of the molecule is COc1cccc(NC(N)=NCCCCN2CCCCC2C)c1.I. The van der Waals surface area contributed by atoms with E-state index >= 15 is 0 Å². The molecule has 1 atom stereocenters. The van der Waals surface area contributed by atoms with E-state index in [1.165, 1.54) is 38.8 Å². The molecule has 0 spiro atoms. The van der Waals surface area contributed by atoms with Crippen LogP contribution in [0.3, 0.4) is 0 Å². The lowest BCUT2D eigenvalue weighted by Crippen LogP contribution is -2.38. The summed E-state index contributed by atoms with van der Waals surface area (Å²) in [7, 11) is 1.65. The molecule has 0 amide bonds. The Hall–Kier alpha value is -1.02. The van der Waals surface area contributed by atoms with Crippen molar-refractivity contribution in [3.8, 4) is 5.75 Å². The lowest BCUT2D eigenvalue weighted by atomic mass is 10.0. The molecule has 1 aliphatic heterocycles. The van der Waals surface area contributed by atoms with Crippen LogP contribution in [-0.2, 0) is 0 Å². The first-order chi connectivity index (χ1) is 11.2. The fourth-order valence-electron chi connectivity index (χ4n) is 3.00. The topological polar surface area (TPSA) is 62.9 Å². The summed E-state index contributed by atoms with van der Waals surface area (Å²) >= 11 is 0. The molecule has 0 aliphatic carbocycles. The van der Waals surface area contributed by atoms with E-state index in [9.17, 15) is 0 Å². The molecule has 3 N–H and O–H groups in total. The van der Waals surface area contributed by atoms with Gasteiger partial charge in [-0.1, -0.05) is 12.5 Å². The second-order valence-electron chi connectivity index (χ2n) is 6.21. The number of ether oxygens (including phenoxy) is 1. The lowest BCUT2D eigenvalue weighted by molar-refractivity contribution is 0.158. The van der Waals surface area contributed by atoms with Gasteiger partial charge in [0.15, 0.2) is 5.96 Å². The molecule has 24 heavy (non-hydrogen) atoms. The molecule has 136 valence electrons. The minimum atomic E-state index is 0. The van der Waals surface area contributed by atoms with E-state index in [1.54, 1.807) is 7.11 Å². The number of methoxy groups -OCH3 is 1. The quantitative estimate of drug-likeness (QED) is 0.290. The molecule has 1 heterocycles. The summed E-state index contributed by atoms with van der Waals surface area (Å²) in [5.74, 6) is 1.27. The van der Waals surface area contributed by atoms with Crippen LogP contribution in [-0.4, -0.2) is 43.6 Å². The van der Waals surface area contributed by atoms with Crippen molar-refractivity contribution in [2.75, 3.05) is 32.1 Å². The molecule has 0 radical (unpaired) electrons. The number of halogens is 1. The van der Waals surface area contributed by atoms with E-state index < -0.39 is 0 Å². The van der Waals surface area contributed by atoms with Crippen molar-refractivity contribution in [1.82, 2.24) is 4.90 Å². The van der Waals surface area contributed by atoms with Gasteiger partial charge < -0.3 is 20.7 Å². The smallest absolute Gasteiger partial charge is 0.193 e. The molecule has 1 saturated heterocycles. The van der Waals surface area contributed by atoms with Crippen LogP contribution < -0.4 is 15.8 Å². The van der Waals surface area contributed by atoms with E-state index in [0.29, 0.717) is 5.96 Å². The molecule has 0 bridgehead atoms. The van der Waals surface area contributed by atoms with E-state index in [0.717, 1.165) is 30.4 Å². The molecule has 5 nitrogen and oxygen atoms in total. The Morgan fingerprint density at radius 2 is 2.21 bits per heavy atom. The third kappa shape index (κ3) is 7.25. The van der Waals surface area contributed by atoms with Crippen molar-refractivity contribution < 1.29 is 4.74 Å². The number of aliphatic imine (C=N–C) groups is 1. The molecule has 1 fully saturated rings. The highest BCUT2D eigenvalue weighted by molar-refractivity contribution is 14.0. The van der Waals surface area contributed by atoms with Crippen LogP contribution >= 0.6 is 24.0 Å². The minimum absolute atomic E-state index is 0. The van der Waals surface area contributed by atoms with E-state index in [1.807, 2.05) is 24.3 Å². The molecule has 1 unspecified atom stereocenters. The van der Waals surface area contributed by atoms with E-state index in [-0.39, 0.29) is 24.0 Å². The highest BCUT2D eigenvalue weighted by Crippen LogP contribution is 2.17. The largest absolute Gasteiger partial charge is 0.497 e. The predicted octanol–water partition coefficient (Wildman–Crippen LogP) is 3.69. The average molecular weight is 446 g/mol. The number of nitrogens with zero attached hydrogens (tertiary/aromatic N) is 2. The molecule has 1 aliphatic rings. The summed E-state index contributed by atoms with van der Waals surface area (Å²) in [4.78, 5) is 7.00. The molecule has 0 saturated carbocycles. The van der Waals surface area contributed by atoms with Gasteiger partial charge >= 0.3 is 0 Å². The third-order valence-corrected chi connectivity index (χ3v) is 4.42. The number of unbranched alkanes of at least 4 members (excludes halogenated alkanes) is 1. The van der Waals surface area contributed by atoms with Crippen LogP contribution in [0.4, 0.5) is 5.69 Å². The zero-order chi connectivity index (χ0) is 16.5. The van der Waals surface area contributed by atoms with E-state index in [2.05, 4.69) is 22.1 Å². The molecular weight excluding hydrogens is 415 g/mol. The van der Waals surface area contributed by atoms with Gasteiger partial charge in [0.2, 0.25) is 0 Å². The summed E-state index contributed by atoms with van der Waals surface area (Å²) in [6.07, 6.45) is 6.33. The first-order valence-electron chi connectivity index (χ1n) is 8.64. The predicted molar refractivity (Wildman–Crippen MR) is 113 cm³/mol. The second kappa shape index (κ2) is 11.5. The first-order valence-corrected chi connectivity index (χ1v) is 8.64. The van der Waals surface area contributed by atoms with Gasteiger partial charge in [0.05, 0.1) is 7.11 Å². The molecule has 2 rings (SSSR count). The summed E-state index contributed by atoms with van der Waals surface area (Å²) in [5, 5.41) is 3.10. The fourth-order valence-corrected chi connectivity index (χ4v) is 3.00. The van der Waals surface area contributed by atoms with Gasteiger partial charge in [-0.25, -0.2) is 0 Å². The Morgan fingerprint density at radius 1 is 1.38 bits per heavy atom. The zero-order valence-corrected chi connectivity index (χ0v) is 17.2. The van der Waals surface area contributed by atoms with Crippen LogP contribution in [0.25, 0.3) is 0 Å². The van der Waals surface area contributed by atoms with Crippen LogP contribution in [0.1, 0.15) is 39.0 Å². The number of hydrogen-bond acceptors (Lipinski definition) is 3. The third-order valence-electron chi connectivity index (χ3n) is 4.42. The highest BCUT2D eigenvalue weighted by Gasteiger charge is 2.16. The Labute approximate surface area is 163 Å². The second-order valence-corrected chi connectivity index (χ2v) is 6.21. The van der Waals surface area contributed by atoms with Gasteiger partial charge in [-0.2, -0.15) is 0 Å². The number of guanidine groups is 1. The fraction of sp³-hybridized carbons (Fsp3) is 0.611. The summed E-state index contributed by atoms with van der Waals surface area (Å²) in [6, 6.07) is 8.42. The summed E-state index contributed by atoms with van der Waals surface area (Å²) < 4.78 is 5.19. The van der Waals surface area contributed by atoms with Gasteiger partial charge in [0, 0.05) is 24.3 Å². The van der Waals surface area contributed by atoms with Crippen molar-refractivity contribution in [1.29, 1.82) is 0 Å². The molecular formula is C18H31IN4O. The summed E-state index contributed by atoms with van der Waals surface area (Å²) in [5.41, 5.74) is 6.83. The maximum atomic E-state index is 5.93. The molecule has 1 aromatic carbocycles.